The molecule has 1 fully saturated rings. The molecule has 0 unspecified atom stereocenters. The number of fused-ring (bicyclic) bond motifs is 1. The van der Waals surface area contributed by atoms with Crippen LogP contribution in [0.25, 0.3) is 10.5 Å². The van der Waals surface area contributed by atoms with Crippen LogP contribution in [0.3, 0.4) is 0 Å². The van der Waals surface area contributed by atoms with E-state index in [9.17, 15) is 39.3 Å². The van der Waals surface area contributed by atoms with Gasteiger partial charge in [-0.05, 0) is 42.2 Å². The first-order chi connectivity index (χ1) is 20.4. The van der Waals surface area contributed by atoms with E-state index in [-0.39, 0.29) is 44.1 Å². The topological polar surface area (TPSA) is 167 Å². The van der Waals surface area contributed by atoms with Crippen LogP contribution in [0.15, 0.2) is 39.0 Å². The number of carboxylic acid groups (broad SMARTS) is 2. The van der Waals surface area contributed by atoms with Gasteiger partial charge in [-0.25, -0.2) is 0 Å². The van der Waals surface area contributed by atoms with E-state index in [1.54, 1.807) is 30.0 Å². The van der Waals surface area contributed by atoms with Crippen LogP contribution < -0.4 is 19.7 Å². The minimum Gasteiger partial charge on any atom is -0.480 e. The first-order valence-electron chi connectivity index (χ1n) is 12.9. The number of ether oxygens (including phenoxy) is 1. The van der Waals surface area contributed by atoms with E-state index in [0.717, 1.165) is 37.5 Å². The van der Waals surface area contributed by atoms with Gasteiger partial charge >= 0.3 is 17.9 Å². The Morgan fingerprint density at radius 2 is 1.74 bits per heavy atom. The van der Waals surface area contributed by atoms with Crippen molar-refractivity contribution in [3.8, 4) is 0 Å². The molecule has 3 heterocycles. The molecule has 0 aliphatic carbocycles. The summed E-state index contributed by atoms with van der Waals surface area (Å²) in [5.74, 6) is -4.04. The highest BCUT2D eigenvalue weighted by Gasteiger charge is 2.36. The average Bonchev–Trinajstić information content (AvgIpc) is 3.53. The van der Waals surface area contributed by atoms with Gasteiger partial charge < -0.3 is 25.0 Å². The van der Waals surface area contributed by atoms with E-state index in [1.165, 1.54) is 11.8 Å². The van der Waals surface area contributed by atoms with Crippen molar-refractivity contribution in [1.82, 2.24) is 9.47 Å². The third-order valence-electron chi connectivity index (χ3n) is 6.25. The molecule has 2 aliphatic heterocycles. The van der Waals surface area contributed by atoms with E-state index < -0.39 is 42.5 Å². The number of carbonyl (C=O) groups excluding carboxylic acids is 2. The Morgan fingerprint density at radius 3 is 2.35 bits per heavy atom. The lowest BCUT2D eigenvalue weighted by Crippen LogP contribution is -2.37. The van der Waals surface area contributed by atoms with Crippen molar-refractivity contribution in [3.05, 3.63) is 54.4 Å². The molecule has 1 amide bonds. The standard InChI is InChI=1S/C27H27N3O9S4/c1-4-39-21(36)11-28-16-7-14(12-31)5-6-17(16)41-18(28)8-15(13(2)3)22-24(37)29(9-19(32)33)26(42-22)23-25(38)30(10-20(34)35)27(40)43-23/h5-8,13,31H,4,9-12H2,1-3H3,(H,32,33)(H,34,35)/b18-8-,22-15-,26-23-. The van der Waals surface area contributed by atoms with E-state index >= 15 is 0 Å². The van der Waals surface area contributed by atoms with Gasteiger partial charge in [-0.15, -0.1) is 11.3 Å². The van der Waals surface area contributed by atoms with Gasteiger partial charge in [0.25, 0.3) is 11.5 Å². The second-order valence-electron chi connectivity index (χ2n) is 9.55. The number of carbonyl (C=O) groups is 4. The number of carboxylic acids is 2. The Labute approximate surface area is 262 Å². The molecule has 0 spiro atoms. The Kier molecular flexibility index (Phi) is 10.2. The highest BCUT2D eigenvalue weighted by atomic mass is 32.2. The number of aliphatic carboxylic acids is 2. The number of thioether (sulfide) groups is 2. The second kappa shape index (κ2) is 13.5. The number of benzene rings is 1. The van der Waals surface area contributed by atoms with Crippen LogP contribution >= 0.6 is 47.1 Å². The molecule has 2 aliphatic rings. The number of thiocarbonyl (C=S) groups is 1. The quantitative estimate of drug-likeness (QED) is 0.246. The molecule has 228 valence electrons. The fourth-order valence-corrected chi connectivity index (χ4v) is 8.13. The van der Waals surface area contributed by atoms with E-state index in [1.807, 2.05) is 19.9 Å². The number of aliphatic hydroxyl groups is 1. The largest absolute Gasteiger partial charge is 0.480 e. The molecule has 1 saturated heterocycles. The molecule has 0 saturated carbocycles. The second-order valence-corrected chi connectivity index (χ2v) is 13.3. The number of hydrogen-bond acceptors (Lipinski definition) is 12. The molecule has 2 aromatic rings. The zero-order chi connectivity index (χ0) is 31.6. The number of rotatable bonds is 10. The maximum absolute atomic E-state index is 13.8. The predicted octanol–water partition coefficient (Wildman–Crippen LogP) is 1.36. The average molecular weight is 666 g/mol. The molecular weight excluding hydrogens is 639 g/mol. The van der Waals surface area contributed by atoms with Crippen molar-refractivity contribution in [2.45, 2.75) is 38.8 Å². The Bertz CT molecular complexity index is 1740. The molecule has 4 rings (SSSR count). The zero-order valence-electron chi connectivity index (χ0n) is 23.2. The third kappa shape index (κ3) is 6.88. The van der Waals surface area contributed by atoms with Crippen LogP contribution in [-0.2, 0) is 37.1 Å². The summed E-state index contributed by atoms with van der Waals surface area (Å²) >= 11 is 8.29. The molecule has 3 N–H and O–H groups in total. The highest BCUT2D eigenvalue weighted by Crippen LogP contribution is 2.47. The summed E-state index contributed by atoms with van der Waals surface area (Å²) in [6, 6.07) is 5.37. The lowest BCUT2D eigenvalue weighted by atomic mass is 10.0. The van der Waals surface area contributed by atoms with Crippen molar-refractivity contribution in [3.63, 3.8) is 0 Å². The van der Waals surface area contributed by atoms with Crippen LogP contribution in [-0.4, -0.2) is 72.6 Å². The van der Waals surface area contributed by atoms with Gasteiger partial charge in [0.1, 0.15) is 33.5 Å². The van der Waals surface area contributed by atoms with Crippen molar-refractivity contribution in [2.24, 2.45) is 5.92 Å². The van der Waals surface area contributed by atoms with Crippen LogP contribution in [0.5, 0.6) is 0 Å². The van der Waals surface area contributed by atoms with Gasteiger partial charge in [0, 0.05) is 4.90 Å². The lowest BCUT2D eigenvalue weighted by molar-refractivity contribution is -0.141. The summed E-state index contributed by atoms with van der Waals surface area (Å²) in [5, 5.41) is 29.1. The first-order valence-corrected chi connectivity index (χ1v) is 15.7. The Morgan fingerprint density at radius 1 is 1.05 bits per heavy atom. The zero-order valence-corrected chi connectivity index (χ0v) is 26.5. The third-order valence-corrected chi connectivity index (χ3v) is 10.2. The van der Waals surface area contributed by atoms with Gasteiger partial charge in [-0.1, -0.05) is 55.7 Å². The number of amides is 1. The number of aliphatic hydroxyl groups excluding tert-OH is 1. The van der Waals surface area contributed by atoms with Crippen LogP contribution in [0.4, 0.5) is 5.69 Å². The van der Waals surface area contributed by atoms with Gasteiger partial charge in [-0.3, -0.25) is 33.4 Å². The van der Waals surface area contributed by atoms with Gasteiger partial charge in [0.05, 0.1) is 28.5 Å². The summed E-state index contributed by atoms with van der Waals surface area (Å²) in [6.45, 7) is 3.88. The normalized spacial score (nSPS) is 17.7. The first kappa shape index (κ1) is 32.5. The molecule has 43 heavy (non-hydrogen) atoms. The fourth-order valence-electron chi connectivity index (χ4n) is 4.32. The predicted molar refractivity (Wildman–Crippen MR) is 167 cm³/mol. The number of aromatic nitrogens is 1. The fraction of sp³-hybridized carbons (Fsp3) is 0.333. The number of nitrogens with zero attached hydrogens (tertiary/aromatic N) is 3. The van der Waals surface area contributed by atoms with E-state index in [4.69, 9.17) is 17.0 Å². The number of anilines is 1. The Balaban J connectivity index is 1.96. The molecule has 1 aromatic heterocycles. The highest BCUT2D eigenvalue weighted by molar-refractivity contribution is 8.30. The summed E-state index contributed by atoms with van der Waals surface area (Å²) in [5.41, 5.74) is 1.23. The van der Waals surface area contributed by atoms with Gasteiger partial charge in [0.15, 0.2) is 0 Å². The monoisotopic (exact) mass is 665 g/mol. The smallest absolute Gasteiger partial charge is 0.325 e. The van der Waals surface area contributed by atoms with Crippen molar-refractivity contribution in [1.29, 1.82) is 0 Å². The van der Waals surface area contributed by atoms with E-state index in [0.29, 0.717) is 21.9 Å². The molecule has 0 bridgehead atoms. The van der Waals surface area contributed by atoms with Crippen LogP contribution in [0.2, 0.25) is 0 Å². The molecule has 0 radical (unpaired) electrons. The van der Waals surface area contributed by atoms with Crippen LogP contribution in [0.1, 0.15) is 26.3 Å². The molecule has 1 aromatic carbocycles. The summed E-state index contributed by atoms with van der Waals surface area (Å²) < 4.78 is 6.39. The maximum atomic E-state index is 13.8. The minimum atomic E-state index is -1.31. The van der Waals surface area contributed by atoms with Crippen LogP contribution in [0, 0.1) is 5.92 Å². The SMILES string of the molecule is CCOC(=O)CN1/C(=C/C(=c2/s/c(=C3\SC(=S)N(CC(=O)O)C3=O)n(CC(=O)O)c2=O)C(C)C)Sc2ccc(CO)cc21. The molecule has 0 atom stereocenters. The van der Waals surface area contributed by atoms with Crippen molar-refractivity contribution in [2.75, 3.05) is 24.6 Å². The summed E-state index contributed by atoms with van der Waals surface area (Å²) in [6.07, 6.45) is 1.75. The van der Waals surface area contributed by atoms with Crippen molar-refractivity contribution < 1.29 is 39.2 Å². The lowest BCUT2D eigenvalue weighted by Gasteiger charge is -2.20. The van der Waals surface area contributed by atoms with Gasteiger partial charge in [-0.2, -0.15) is 0 Å². The van der Waals surface area contributed by atoms with E-state index in [2.05, 4.69) is 0 Å². The molecule has 12 nitrogen and oxygen atoms in total. The summed E-state index contributed by atoms with van der Waals surface area (Å²) in [4.78, 5) is 65.9. The van der Waals surface area contributed by atoms with Crippen molar-refractivity contribution >= 4 is 91.4 Å². The number of allylic oxidation sites excluding steroid dienone is 1. The Hall–Kier alpha value is -3.44. The number of thiazole rings is 1. The molecule has 16 heteroatoms. The minimum absolute atomic E-state index is 0.0150. The number of hydrogen-bond donors (Lipinski definition) is 3. The van der Waals surface area contributed by atoms with Gasteiger partial charge in [0.2, 0.25) is 0 Å². The number of esters is 1. The summed E-state index contributed by atoms with van der Waals surface area (Å²) in [7, 11) is 0. The molecular formula is C27H27N3O9S4. The maximum Gasteiger partial charge on any atom is 0.325 e.